The van der Waals surface area contributed by atoms with Crippen molar-refractivity contribution in [1.82, 2.24) is 0 Å². The van der Waals surface area contributed by atoms with E-state index in [0.717, 1.165) is 0 Å². The fourth-order valence-electron chi connectivity index (χ4n) is 0.530. The average molecular weight is 189 g/mol. The Morgan fingerprint density at radius 2 is 1.85 bits per heavy atom. The van der Waals surface area contributed by atoms with Gasteiger partial charge in [-0.2, -0.15) is 0 Å². The van der Waals surface area contributed by atoms with Gasteiger partial charge in [-0.25, -0.2) is 4.79 Å². The second-order valence-corrected chi connectivity index (χ2v) is 2.27. The first-order valence-electron chi connectivity index (χ1n) is 3.45. The Morgan fingerprint density at radius 3 is 2.23 bits per heavy atom. The van der Waals surface area contributed by atoms with Crippen molar-refractivity contribution in [2.45, 2.75) is 12.5 Å². The second-order valence-electron chi connectivity index (χ2n) is 2.27. The maximum atomic E-state index is 10.8. The molecule has 0 radical (unpaired) electrons. The third-order valence-electron chi connectivity index (χ3n) is 1.10. The third-order valence-corrected chi connectivity index (χ3v) is 1.10. The highest BCUT2D eigenvalue weighted by molar-refractivity contribution is 5.91. The summed E-state index contributed by atoms with van der Waals surface area (Å²) >= 11 is 0. The molecule has 0 aromatic heterocycles. The van der Waals surface area contributed by atoms with Crippen LogP contribution in [0.25, 0.3) is 0 Å². The Bertz CT molecular complexity index is 228. The molecule has 0 bridgehead atoms. The van der Waals surface area contributed by atoms with E-state index in [0.29, 0.717) is 0 Å². The number of ether oxygens (including phenoxy) is 1. The molecule has 0 aromatic carbocycles. The zero-order chi connectivity index (χ0) is 10.4. The highest BCUT2D eigenvalue weighted by Gasteiger charge is 2.19. The maximum Gasteiger partial charge on any atom is 0.331 e. The number of carbonyl (C=O) groups excluding carboxylic acids is 3. The zero-order valence-corrected chi connectivity index (χ0v) is 6.86. The molecule has 7 heteroatoms. The molecule has 0 unspecified atom stereocenters. The Labute approximate surface area is 74.2 Å². The minimum absolute atomic E-state index is 0.364. The molecule has 1 amide bonds. The van der Waals surface area contributed by atoms with E-state index in [1.165, 1.54) is 0 Å². The number of hydrogen-bond acceptors (Lipinski definition) is 6. The normalized spacial score (nSPS) is 11.8. The lowest BCUT2D eigenvalue weighted by Crippen LogP contribution is -2.38. The predicted molar refractivity (Wildman–Crippen MR) is 41.9 cm³/mol. The molecule has 0 spiro atoms. The minimum atomic E-state index is -1.21. The van der Waals surface area contributed by atoms with E-state index in [-0.39, 0.29) is 6.42 Å². The van der Waals surface area contributed by atoms with Gasteiger partial charge in [0.1, 0.15) is 6.04 Å². The fourth-order valence-corrected chi connectivity index (χ4v) is 0.530. The highest BCUT2D eigenvalue weighted by Crippen LogP contribution is 1.91. The van der Waals surface area contributed by atoms with Gasteiger partial charge in [-0.05, 0) is 0 Å². The summed E-state index contributed by atoms with van der Waals surface area (Å²) in [4.78, 5) is 31.6. The molecular weight excluding hydrogens is 178 g/mol. The number of amides is 1. The summed E-state index contributed by atoms with van der Waals surface area (Å²) in [5, 5.41) is 0. The number of carbonyl (C=O) groups is 3. The van der Waals surface area contributed by atoms with E-state index in [4.69, 9.17) is 17.2 Å². The van der Waals surface area contributed by atoms with Gasteiger partial charge in [-0.3, -0.25) is 9.59 Å². The summed E-state index contributed by atoms with van der Waals surface area (Å²) in [5.41, 5.74) is 14.8. The van der Waals surface area contributed by atoms with Crippen LogP contribution in [0.1, 0.15) is 6.42 Å². The molecule has 0 saturated heterocycles. The van der Waals surface area contributed by atoms with Gasteiger partial charge in [0.15, 0.2) is 0 Å². The first kappa shape index (κ1) is 11.5. The van der Waals surface area contributed by atoms with Crippen LogP contribution in [-0.2, 0) is 19.1 Å². The Kier molecular flexibility index (Phi) is 4.63. The van der Waals surface area contributed by atoms with Crippen molar-refractivity contribution >= 4 is 17.8 Å². The van der Waals surface area contributed by atoms with Gasteiger partial charge in [-0.1, -0.05) is 0 Å². The maximum absolute atomic E-state index is 10.8. The van der Waals surface area contributed by atoms with Crippen LogP contribution in [-0.4, -0.2) is 30.4 Å². The lowest BCUT2D eigenvalue weighted by molar-refractivity contribution is -0.160. The summed E-state index contributed by atoms with van der Waals surface area (Å²) in [7, 11) is 0. The molecule has 6 N–H and O–H groups in total. The summed E-state index contributed by atoms with van der Waals surface area (Å²) in [6.07, 6.45) is -0.364. The molecule has 0 aromatic rings. The molecule has 0 heterocycles. The summed E-state index contributed by atoms with van der Waals surface area (Å²) in [6, 6.07) is -1.21. The minimum Gasteiger partial charge on any atom is -0.391 e. The van der Waals surface area contributed by atoms with Gasteiger partial charge < -0.3 is 21.9 Å². The third kappa shape index (κ3) is 4.88. The van der Waals surface area contributed by atoms with E-state index < -0.39 is 30.4 Å². The van der Waals surface area contributed by atoms with Crippen molar-refractivity contribution < 1.29 is 19.1 Å². The van der Waals surface area contributed by atoms with Crippen molar-refractivity contribution in [3.8, 4) is 0 Å². The SMILES string of the molecule is NCC(=O)OC(=O)[C@@H](N)CC(N)=O. The van der Waals surface area contributed by atoms with E-state index >= 15 is 0 Å². The fraction of sp³-hybridized carbons (Fsp3) is 0.500. The number of rotatable bonds is 4. The summed E-state index contributed by atoms with van der Waals surface area (Å²) in [5.74, 6) is -2.65. The predicted octanol–water partition coefficient (Wildman–Crippen LogP) is -2.78. The second kappa shape index (κ2) is 5.22. The molecule has 0 aliphatic rings. The molecule has 0 rings (SSSR count). The van der Waals surface area contributed by atoms with Gasteiger partial charge in [0.05, 0.1) is 13.0 Å². The van der Waals surface area contributed by atoms with Crippen LogP contribution in [0.2, 0.25) is 0 Å². The molecule has 13 heavy (non-hydrogen) atoms. The lowest BCUT2D eigenvalue weighted by Gasteiger charge is -2.06. The standard InChI is InChI=1S/C6H11N3O4/c7-2-5(11)13-6(12)3(8)1-4(9)10/h3H,1-2,7-8H2,(H2,9,10)/t3-/m0/s1. The van der Waals surface area contributed by atoms with E-state index in [9.17, 15) is 14.4 Å². The highest BCUT2D eigenvalue weighted by atomic mass is 16.6. The molecule has 0 saturated carbocycles. The Morgan fingerprint density at radius 1 is 1.31 bits per heavy atom. The largest absolute Gasteiger partial charge is 0.391 e. The quantitative estimate of drug-likeness (QED) is 0.323. The molecule has 0 fully saturated rings. The summed E-state index contributed by atoms with van der Waals surface area (Å²) < 4.78 is 4.13. The molecule has 74 valence electrons. The number of hydrogen-bond donors (Lipinski definition) is 3. The smallest absolute Gasteiger partial charge is 0.331 e. The molecule has 1 atom stereocenters. The van der Waals surface area contributed by atoms with Gasteiger partial charge in [0, 0.05) is 0 Å². The molecular formula is C6H11N3O4. The van der Waals surface area contributed by atoms with E-state index in [1.807, 2.05) is 0 Å². The van der Waals surface area contributed by atoms with Crippen LogP contribution in [0.3, 0.4) is 0 Å². The topological polar surface area (TPSA) is 138 Å². The van der Waals surface area contributed by atoms with Crippen molar-refractivity contribution in [3.63, 3.8) is 0 Å². The number of primary amides is 1. The first-order valence-corrected chi connectivity index (χ1v) is 3.45. The van der Waals surface area contributed by atoms with Crippen LogP contribution in [0, 0.1) is 0 Å². The van der Waals surface area contributed by atoms with Crippen LogP contribution in [0.5, 0.6) is 0 Å². The van der Waals surface area contributed by atoms with Gasteiger partial charge >= 0.3 is 11.9 Å². The van der Waals surface area contributed by atoms with Gasteiger partial charge in [-0.15, -0.1) is 0 Å². The Balaban J connectivity index is 3.96. The Hall–Kier alpha value is -1.47. The van der Waals surface area contributed by atoms with Crippen LogP contribution < -0.4 is 17.2 Å². The molecule has 0 aliphatic carbocycles. The zero-order valence-electron chi connectivity index (χ0n) is 6.86. The molecule has 7 nitrogen and oxygen atoms in total. The van der Waals surface area contributed by atoms with Gasteiger partial charge in [0.25, 0.3) is 0 Å². The number of nitrogens with two attached hydrogens (primary N) is 3. The van der Waals surface area contributed by atoms with Gasteiger partial charge in [0.2, 0.25) is 5.91 Å². The number of esters is 2. The van der Waals surface area contributed by atoms with Crippen molar-refractivity contribution in [2.75, 3.05) is 6.54 Å². The van der Waals surface area contributed by atoms with Crippen molar-refractivity contribution in [1.29, 1.82) is 0 Å². The monoisotopic (exact) mass is 189 g/mol. The van der Waals surface area contributed by atoms with Crippen molar-refractivity contribution in [2.24, 2.45) is 17.2 Å². The van der Waals surface area contributed by atoms with E-state index in [2.05, 4.69) is 4.74 Å². The lowest BCUT2D eigenvalue weighted by atomic mass is 10.2. The van der Waals surface area contributed by atoms with Crippen molar-refractivity contribution in [3.05, 3.63) is 0 Å². The summed E-state index contributed by atoms with van der Waals surface area (Å²) in [6.45, 7) is -0.422. The van der Waals surface area contributed by atoms with Crippen LogP contribution >= 0.6 is 0 Å². The average Bonchev–Trinajstić information content (AvgIpc) is 2.02. The van der Waals surface area contributed by atoms with Crippen LogP contribution in [0.15, 0.2) is 0 Å². The van der Waals surface area contributed by atoms with E-state index in [1.54, 1.807) is 0 Å². The molecule has 0 aliphatic heterocycles. The first-order chi connectivity index (χ1) is 5.97. The van der Waals surface area contributed by atoms with Crippen LogP contribution in [0.4, 0.5) is 0 Å².